The van der Waals surface area contributed by atoms with Gasteiger partial charge in [0.2, 0.25) is 0 Å². The molecule has 0 aliphatic rings. The van der Waals surface area contributed by atoms with Gasteiger partial charge in [0, 0.05) is 29.4 Å². The summed E-state index contributed by atoms with van der Waals surface area (Å²) in [5, 5.41) is 6.24. The molecule has 0 unspecified atom stereocenters. The van der Waals surface area contributed by atoms with Crippen molar-refractivity contribution in [3.8, 4) is 16.9 Å². The van der Waals surface area contributed by atoms with Crippen LogP contribution in [0.2, 0.25) is 0 Å². The average molecular weight is 392 g/mol. The van der Waals surface area contributed by atoms with Gasteiger partial charge >= 0.3 is 0 Å². The molecule has 3 aromatic carbocycles. The highest BCUT2D eigenvalue weighted by Crippen LogP contribution is 2.28. The summed E-state index contributed by atoms with van der Waals surface area (Å²) < 4.78 is 18.5. The molecule has 0 aromatic heterocycles. The number of ether oxygens (including phenoxy) is 1. The summed E-state index contributed by atoms with van der Waals surface area (Å²) in [5.41, 5.74) is 4.29. The van der Waals surface area contributed by atoms with Crippen molar-refractivity contribution < 1.29 is 13.9 Å². The smallest absolute Gasteiger partial charge is 0.255 e. The number of methoxy groups -OCH3 is 1. The highest BCUT2D eigenvalue weighted by Gasteiger charge is 2.09. The predicted octanol–water partition coefficient (Wildman–Crippen LogP) is 5.25. The molecule has 5 heteroatoms. The van der Waals surface area contributed by atoms with Gasteiger partial charge in [0.15, 0.2) is 0 Å². The van der Waals surface area contributed by atoms with Gasteiger partial charge in [-0.05, 0) is 59.7 Å². The minimum Gasteiger partial charge on any atom is -0.496 e. The van der Waals surface area contributed by atoms with Gasteiger partial charge in [-0.3, -0.25) is 4.79 Å². The van der Waals surface area contributed by atoms with Crippen LogP contribution in [0.3, 0.4) is 0 Å². The van der Waals surface area contributed by atoms with Gasteiger partial charge in [-0.25, -0.2) is 4.39 Å². The molecule has 0 saturated carbocycles. The van der Waals surface area contributed by atoms with Gasteiger partial charge in [-0.15, -0.1) is 0 Å². The van der Waals surface area contributed by atoms with Gasteiger partial charge in [0.05, 0.1) is 7.11 Å². The number of hydrogen-bond donors (Lipinski definition) is 2. The van der Waals surface area contributed by atoms with Crippen molar-refractivity contribution in [2.75, 3.05) is 12.4 Å². The first-order valence-corrected chi connectivity index (χ1v) is 9.54. The van der Waals surface area contributed by atoms with E-state index in [2.05, 4.69) is 30.5 Å². The minimum atomic E-state index is -0.367. The highest BCUT2D eigenvalue weighted by molar-refractivity contribution is 6.04. The molecular weight excluding hydrogens is 367 g/mol. The predicted molar refractivity (Wildman–Crippen MR) is 115 cm³/mol. The second kappa shape index (κ2) is 9.34. The summed E-state index contributed by atoms with van der Waals surface area (Å²) in [6, 6.07) is 19.6. The molecule has 3 rings (SSSR count). The Labute approximate surface area is 170 Å². The van der Waals surface area contributed by atoms with E-state index in [-0.39, 0.29) is 11.7 Å². The number of nitrogens with one attached hydrogen (secondary N) is 2. The lowest BCUT2D eigenvalue weighted by Crippen LogP contribution is -2.22. The van der Waals surface area contributed by atoms with Gasteiger partial charge in [0.1, 0.15) is 11.6 Å². The molecule has 0 bridgehead atoms. The van der Waals surface area contributed by atoms with E-state index < -0.39 is 0 Å². The topological polar surface area (TPSA) is 50.4 Å². The molecule has 0 aliphatic carbocycles. The number of carbonyl (C=O) groups excluding carboxylic acids is 1. The van der Waals surface area contributed by atoms with Crippen molar-refractivity contribution in [1.82, 2.24) is 5.32 Å². The summed E-state index contributed by atoms with van der Waals surface area (Å²) >= 11 is 0. The molecule has 0 spiro atoms. The Hall–Kier alpha value is -3.18. The molecule has 0 heterocycles. The Morgan fingerprint density at radius 1 is 0.966 bits per heavy atom. The first-order valence-electron chi connectivity index (χ1n) is 9.54. The maximum Gasteiger partial charge on any atom is 0.255 e. The van der Waals surface area contributed by atoms with E-state index >= 15 is 0 Å². The number of anilines is 1. The number of amides is 1. The van der Waals surface area contributed by atoms with E-state index in [0.29, 0.717) is 17.3 Å². The molecule has 0 fully saturated rings. The maximum absolute atomic E-state index is 13.0. The number of halogens is 1. The molecule has 2 N–H and O–H groups in total. The third kappa shape index (κ3) is 5.42. The quantitative estimate of drug-likeness (QED) is 0.577. The lowest BCUT2D eigenvalue weighted by atomic mass is 10.0. The third-order valence-corrected chi connectivity index (χ3v) is 4.56. The Morgan fingerprint density at radius 3 is 2.24 bits per heavy atom. The minimum absolute atomic E-state index is 0.274. The van der Waals surface area contributed by atoms with E-state index in [1.165, 1.54) is 24.3 Å². The van der Waals surface area contributed by atoms with E-state index in [1.807, 2.05) is 36.4 Å². The molecule has 4 nitrogen and oxygen atoms in total. The van der Waals surface area contributed by atoms with Gasteiger partial charge in [-0.2, -0.15) is 0 Å². The Kier molecular flexibility index (Phi) is 6.62. The largest absolute Gasteiger partial charge is 0.496 e. The Morgan fingerprint density at radius 2 is 1.62 bits per heavy atom. The lowest BCUT2D eigenvalue weighted by Gasteiger charge is -2.14. The Balaban J connectivity index is 1.74. The van der Waals surface area contributed by atoms with E-state index in [0.717, 1.165) is 29.0 Å². The molecule has 29 heavy (non-hydrogen) atoms. The van der Waals surface area contributed by atoms with Crippen molar-refractivity contribution in [2.45, 2.75) is 26.4 Å². The van der Waals surface area contributed by atoms with E-state index in [1.54, 1.807) is 7.11 Å². The van der Waals surface area contributed by atoms with Gasteiger partial charge in [0.25, 0.3) is 5.91 Å². The molecule has 0 atom stereocenters. The molecule has 0 saturated heterocycles. The standard InChI is InChI=1S/C24H25FN2O2/c1-16(2)26-15-20-14-19(8-13-23(20)29-3)17-6-11-22(12-7-17)27-24(28)18-4-9-21(25)10-5-18/h4-14,16,26H,15H2,1-3H3,(H,27,28). The zero-order valence-corrected chi connectivity index (χ0v) is 16.8. The SMILES string of the molecule is COc1ccc(-c2ccc(NC(=O)c3ccc(F)cc3)cc2)cc1CNC(C)C. The van der Waals surface area contributed by atoms with Crippen molar-refractivity contribution in [3.63, 3.8) is 0 Å². The van der Waals surface area contributed by atoms with E-state index in [4.69, 9.17) is 4.74 Å². The van der Waals surface area contributed by atoms with Crippen molar-refractivity contribution in [2.24, 2.45) is 0 Å². The number of hydrogen-bond acceptors (Lipinski definition) is 3. The van der Waals surface area contributed by atoms with Gasteiger partial charge in [-0.1, -0.05) is 32.0 Å². The molecular formula is C24H25FN2O2. The fourth-order valence-electron chi connectivity index (χ4n) is 2.96. The molecule has 3 aromatic rings. The molecule has 150 valence electrons. The summed E-state index contributed by atoms with van der Waals surface area (Å²) in [6.45, 7) is 4.94. The second-order valence-electron chi connectivity index (χ2n) is 7.10. The second-order valence-corrected chi connectivity index (χ2v) is 7.10. The average Bonchev–Trinajstić information content (AvgIpc) is 2.73. The number of carbonyl (C=O) groups is 1. The zero-order valence-electron chi connectivity index (χ0n) is 16.8. The van der Waals surface area contributed by atoms with Crippen LogP contribution in [0.1, 0.15) is 29.8 Å². The normalized spacial score (nSPS) is 10.8. The first-order chi connectivity index (χ1) is 14.0. The van der Waals surface area contributed by atoms with Crippen LogP contribution in [-0.2, 0) is 6.54 Å². The van der Waals surface area contributed by atoms with Crippen LogP contribution >= 0.6 is 0 Å². The van der Waals surface area contributed by atoms with Crippen LogP contribution < -0.4 is 15.4 Å². The summed E-state index contributed by atoms with van der Waals surface area (Å²) in [4.78, 5) is 12.3. The summed E-state index contributed by atoms with van der Waals surface area (Å²) in [5.74, 6) is 0.211. The zero-order chi connectivity index (χ0) is 20.8. The maximum atomic E-state index is 13.0. The fourth-order valence-corrected chi connectivity index (χ4v) is 2.96. The monoisotopic (exact) mass is 392 g/mol. The third-order valence-electron chi connectivity index (χ3n) is 4.56. The van der Waals surface area contributed by atoms with Crippen LogP contribution in [0.15, 0.2) is 66.7 Å². The molecule has 1 amide bonds. The Bertz CT molecular complexity index is 967. The van der Waals surface area contributed by atoms with Crippen LogP contribution in [0.25, 0.3) is 11.1 Å². The molecule has 0 aliphatic heterocycles. The summed E-state index contributed by atoms with van der Waals surface area (Å²) in [7, 11) is 1.67. The van der Waals surface area contributed by atoms with Crippen molar-refractivity contribution in [1.29, 1.82) is 0 Å². The van der Waals surface area contributed by atoms with Crippen molar-refractivity contribution >= 4 is 11.6 Å². The van der Waals surface area contributed by atoms with Crippen LogP contribution in [0.4, 0.5) is 10.1 Å². The van der Waals surface area contributed by atoms with Crippen LogP contribution in [0.5, 0.6) is 5.75 Å². The number of rotatable bonds is 7. The highest BCUT2D eigenvalue weighted by atomic mass is 19.1. The van der Waals surface area contributed by atoms with Gasteiger partial charge < -0.3 is 15.4 Å². The fraction of sp³-hybridized carbons (Fsp3) is 0.208. The lowest BCUT2D eigenvalue weighted by molar-refractivity contribution is 0.102. The van der Waals surface area contributed by atoms with Crippen LogP contribution in [-0.4, -0.2) is 19.1 Å². The van der Waals surface area contributed by atoms with Crippen LogP contribution in [0, 0.1) is 5.82 Å². The first kappa shape index (κ1) is 20.6. The number of benzene rings is 3. The van der Waals surface area contributed by atoms with E-state index in [9.17, 15) is 9.18 Å². The summed E-state index contributed by atoms with van der Waals surface area (Å²) in [6.07, 6.45) is 0. The molecule has 0 radical (unpaired) electrons. The van der Waals surface area contributed by atoms with Crippen molar-refractivity contribution in [3.05, 3.63) is 83.7 Å².